The van der Waals surface area contributed by atoms with Gasteiger partial charge in [0.25, 0.3) is 5.91 Å². The van der Waals surface area contributed by atoms with Gasteiger partial charge in [0.05, 0.1) is 23.7 Å². The summed E-state index contributed by atoms with van der Waals surface area (Å²) in [6, 6.07) is 10.6. The van der Waals surface area contributed by atoms with Gasteiger partial charge in [-0.05, 0) is 49.2 Å². The molecular formula is C25H32N4O5. The number of imide groups is 1. The first-order valence-electron chi connectivity index (χ1n) is 11.4. The van der Waals surface area contributed by atoms with Gasteiger partial charge < -0.3 is 24.9 Å². The Balaban J connectivity index is 0.00000158. The Morgan fingerprint density at radius 3 is 2.50 bits per heavy atom. The maximum absolute atomic E-state index is 13.4. The number of aromatic nitrogens is 2. The molecule has 0 spiro atoms. The number of methoxy groups -OCH3 is 1. The van der Waals surface area contributed by atoms with Crippen LogP contribution in [0.3, 0.4) is 0 Å². The number of nitrogens with one attached hydrogen (secondary N) is 2. The summed E-state index contributed by atoms with van der Waals surface area (Å²) in [7, 11) is 1.53. The molecule has 9 nitrogen and oxygen atoms in total. The highest BCUT2D eigenvalue weighted by Crippen LogP contribution is 2.33. The summed E-state index contributed by atoms with van der Waals surface area (Å²) in [5.74, 6) is 0.668. The molecule has 34 heavy (non-hydrogen) atoms. The maximum Gasteiger partial charge on any atom is 0.325 e. The number of aliphatic hydroxyl groups is 1. The van der Waals surface area contributed by atoms with E-state index in [2.05, 4.69) is 15.3 Å². The Hall–Kier alpha value is -3.43. The van der Waals surface area contributed by atoms with Gasteiger partial charge in [-0.25, -0.2) is 14.7 Å². The van der Waals surface area contributed by atoms with E-state index in [4.69, 9.17) is 14.6 Å². The molecule has 182 valence electrons. The highest BCUT2D eigenvalue weighted by Gasteiger charge is 2.46. The standard InChI is InChI=1S/C23H26N4O5.C2H6/c1-13-4-9-17-18(12-13)25-21(24-17)20(14(2)31-3)27-22(29)19(26-23(27)30)15-5-7-16(8-6-15)32-11-10-28;1-2/h4-9,12,14,19-20,28H,10-11H2,1-3H3,(H,24,25)(H,26,30);1-2H3/t14?,19-,20+;/m1./s1. The summed E-state index contributed by atoms with van der Waals surface area (Å²) < 4.78 is 10.9. The van der Waals surface area contributed by atoms with E-state index in [0.29, 0.717) is 17.1 Å². The average molecular weight is 469 g/mol. The highest BCUT2D eigenvalue weighted by atomic mass is 16.5. The molecule has 0 saturated carbocycles. The first-order chi connectivity index (χ1) is 16.4. The minimum absolute atomic E-state index is 0.0890. The number of H-pyrrole nitrogens is 1. The smallest absolute Gasteiger partial charge is 0.325 e. The molecule has 3 aromatic rings. The van der Waals surface area contributed by atoms with Crippen LogP contribution < -0.4 is 10.1 Å². The second-order valence-corrected chi connectivity index (χ2v) is 7.76. The van der Waals surface area contributed by atoms with Crippen LogP contribution in [0.15, 0.2) is 42.5 Å². The summed E-state index contributed by atoms with van der Waals surface area (Å²) in [4.78, 5) is 35.3. The number of aryl methyl sites for hydroxylation is 1. The minimum Gasteiger partial charge on any atom is -0.491 e. The molecule has 1 aliphatic heterocycles. The van der Waals surface area contributed by atoms with E-state index in [0.717, 1.165) is 16.6 Å². The summed E-state index contributed by atoms with van der Waals surface area (Å²) >= 11 is 0. The van der Waals surface area contributed by atoms with E-state index < -0.39 is 24.2 Å². The first kappa shape index (κ1) is 25.2. The van der Waals surface area contributed by atoms with E-state index in [1.54, 1.807) is 31.2 Å². The number of benzene rings is 2. The highest BCUT2D eigenvalue weighted by molar-refractivity contribution is 6.05. The van der Waals surface area contributed by atoms with Crippen LogP contribution in [0.2, 0.25) is 0 Å². The number of hydrogen-bond donors (Lipinski definition) is 3. The normalized spacial score (nSPS) is 17.2. The van der Waals surface area contributed by atoms with Crippen molar-refractivity contribution in [3.05, 3.63) is 59.4 Å². The van der Waals surface area contributed by atoms with Crippen LogP contribution in [0.1, 0.15) is 49.8 Å². The predicted octanol–water partition coefficient (Wildman–Crippen LogP) is 3.64. The Morgan fingerprint density at radius 2 is 1.85 bits per heavy atom. The molecule has 2 aromatic carbocycles. The number of nitrogens with zero attached hydrogens (tertiary/aromatic N) is 2. The van der Waals surface area contributed by atoms with Gasteiger partial charge in [-0.2, -0.15) is 0 Å². The van der Waals surface area contributed by atoms with E-state index in [9.17, 15) is 9.59 Å². The summed E-state index contributed by atoms with van der Waals surface area (Å²) in [5.41, 5.74) is 3.29. The van der Waals surface area contributed by atoms with Crippen molar-refractivity contribution in [3.8, 4) is 5.75 Å². The van der Waals surface area contributed by atoms with Crippen molar-refractivity contribution >= 4 is 23.0 Å². The lowest BCUT2D eigenvalue weighted by atomic mass is 10.1. The van der Waals surface area contributed by atoms with Crippen molar-refractivity contribution in [1.82, 2.24) is 20.2 Å². The lowest BCUT2D eigenvalue weighted by Gasteiger charge is -2.28. The van der Waals surface area contributed by atoms with E-state index in [1.807, 2.05) is 39.0 Å². The van der Waals surface area contributed by atoms with Crippen molar-refractivity contribution in [2.24, 2.45) is 0 Å². The molecule has 1 aliphatic rings. The third-order valence-electron chi connectivity index (χ3n) is 5.57. The zero-order valence-corrected chi connectivity index (χ0v) is 20.2. The second-order valence-electron chi connectivity index (χ2n) is 7.76. The largest absolute Gasteiger partial charge is 0.491 e. The summed E-state index contributed by atoms with van der Waals surface area (Å²) in [5, 5.41) is 11.6. The monoisotopic (exact) mass is 468 g/mol. The van der Waals surface area contributed by atoms with Crippen LogP contribution in [-0.2, 0) is 9.53 Å². The molecule has 0 aliphatic carbocycles. The summed E-state index contributed by atoms with van der Waals surface area (Å²) in [6.07, 6.45) is -0.487. The average Bonchev–Trinajstić information content (AvgIpc) is 3.40. The fourth-order valence-corrected chi connectivity index (χ4v) is 3.87. The van der Waals surface area contributed by atoms with Gasteiger partial charge in [0.2, 0.25) is 0 Å². The fraction of sp³-hybridized carbons (Fsp3) is 0.400. The molecule has 2 heterocycles. The number of carbonyl (C=O) groups is 2. The van der Waals surface area contributed by atoms with Crippen molar-refractivity contribution in [2.75, 3.05) is 20.3 Å². The topological polar surface area (TPSA) is 117 Å². The quantitative estimate of drug-likeness (QED) is 0.435. The first-order valence-corrected chi connectivity index (χ1v) is 11.4. The molecule has 1 aromatic heterocycles. The molecule has 3 amide bonds. The number of aromatic amines is 1. The van der Waals surface area contributed by atoms with Crippen molar-refractivity contribution < 1.29 is 24.2 Å². The van der Waals surface area contributed by atoms with E-state index in [-0.39, 0.29) is 19.1 Å². The van der Waals surface area contributed by atoms with Gasteiger partial charge in [-0.1, -0.05) is 32.0 Å². The van der Waals surface area contributed by atoms with Crippen LogP contribution in [0.25, 0.3) is 11.0 Å². The van der Waals surface area contributed by atoms with Crippen LogP contribution in [0, 0.1) is 6.92 Å². The molecule has 1 unspecified atom stereocenters. The molecule has 1 fully saturated rings. The van der Waals surface area contributed by atoms with Gasteiger partial charge in [0, 0.05) is 7.11 Å². The number of fused-ring (bicyclic) bond motifs is 1. The van der Waals surface area contributed by atoms with Gasteiger partial charge >= 0.3 is 6.03 Å². The molecule has 9 heteroatoms. The minimum atomic E-state index is -0.826. The SMILES string of the molecule is CC.COC(C)[C@@H](c1nc2ccc(C)cc2[nH]1)N1C(=O)N[C@H](c2ccc(OCCO)cc2)C1=O. The lowest BCUT2D eigenvalue weighted by Crippen LogP contribution is -2.41. The van der Waals surface area contributed by atoms with Crippen molar-refractivity contribution in [1.29, 1.82) is 0 Å². The predicted molar refractivity (Wildman–Crippen MR) is 129 cm³/mol. The number of urea groups is 1. The Labute approximate surface area is 199 Å². The van der Waals surface area contributed by atoms with E-state index >= 15 is 0 Å². The zero-order valence-electron chi connectivity index (χ0n) is 20.2. The number of hydrogen-bond acceptors (Lipinski definition) is 6. The third kappa shape index (κ3) is 5.05. The van der Waals surface area contributed by atoms with Crippen LogP contribution >= 0.6 is 0 Å². The number of aliphatic hydroxyl groups excluding tert-OH is 1. The van der Waals surface area contributed by atoms with Crippen LogP contribution in [-0.4, -0.2) is 58.3 Å². The van der Waals surface area contributed by atoms with Gasteiger partial charge in [0.15, 0.2) is 0 Å². The van der Waals surface area contributed by atoms with E-state index in [1.165, 1.54) is 12.0 Å². The van der Waals surface area contributed by atoms with Crippen LogP contribution in [0.5, 0.6) is 5.75 Å². The maximum atomic E-state index is 13.4. The van der Waals surface area contributed by atoms with Crippen molar-refractivity contribution in [2.45, 2.75) is 45.9 Å². The second kappa shape index (κ2) is 11.1. The molecule has 3 N–H and O–H groups in total. The number of amides is 3. The Kier molecular flexibility index (Phi) is 8.25. The molecular weight excluding hydrogens is 436 g/mol. The van der Waals surface area contributed by atoms with Gasteiger partial charge in [-0.3, -0.25) is 4.79 Å². The zero-order chi connectivity index (χ0) is 24.8. The molecule has 0 bridgehead atoms. The Morgan fingerprint density at radius 1 is 1.15 bits per heavy atom. The number of ether oxygens (including phenoxy) is 2. The van der Waals surface area contributed by atoms with Crippen LogP contribution in [0.4, 0.5) is 4.79 Å². The number of imidazole rings is 1. The van der Waals surface area contributed by atoms with Gasteiger partial charge in [-0.15, -0.1) is 0 Å². The van der Waals surface area contributed by atoms with Gasteiger partial charge in [0.1, 0.15) is 30.3 Å². The molecule has 4 rings (SSSR count). The summed E-state index contributed by atoms with van der Waals surface area (Å²) in [6.45, 7) is 7.87. The third-order valence-corrected chi connectivity index (χ3v) is 5.57. The van der Waals surface area contributed by atoms with Crippen molar-refractivity contribution in [3.63, 3.8) is 0 Å². The molecule has 1 saturated heterocycles. The molecule has 0 radical (unpaired) electrons. The molecule has 3 atom stereocenters. The Bertz CT molecular complexity index is 1130. The fourth-order valence-electron chi connectivity index (χ4n) is 3.87. The number of carbonyl (C=O) groups excluding carboxylic acids is 2. The number of rotatable bonds is 8. The lowest BCUT2D eigenvalue weighted by molar-refractivity contribution is -0.131.